The number of carbonyl (C=O) groups is 1. The standard InChI is InChI=1S/C12H14FNO2/c13-9-3-1-8(2-4-9)7-14-11-6-5-10(11)12(15)16/h1-4,10-11,14H,5-7H2,(H,15,16). The van der Waals surface area contributed by atoms with Crippen molar-refractivity contribution in [2.45, 2.75) is 25.4 Å². The van der Waals surface area contributed by atoms with Crippen molar-refractivity contribution in [2.75, 3.05) is 0 Å². The van der Waals surface area contributed by atoms with E-state index in [9.17, 15) is 9.18 Å². The number of carboxylic acids is 1. The molecule has 1 aromatic carbocycles. The lowest BCUT2D eigenvalue weighted by molar-refractivity contribution is -0.146. The Labute approximate surface area is 93.3 Å². The Balaban J connectivity index is 1.84. The highest BCUT2D eigenvalue weighted by molar-refractivity contribution is 5.72. The molecule has 1 fully saturated rings. The van der Waals surface area contributed by atoms with Gasteiger partial charge < -0.3 is 10.4 Å². The molecular weight excluding hydrogens is 209 g/mol. The highest BCUT2D eigenvalue weighted by Gasteiger charge is 2.35. The van der Waals surface area contributed by atoms with Crippen LogP contribution in [0.2, 0.25) is 0 Å². The van der Waals surface area contributed by atoms with Crippen molar-refractivity contribution in [3.05, 3.63) is 35.6 Å². The highest BCUT2D eigenvalue weighted by atomic mass is 19.1. The van der Waals surface area contributed by atoms with Gasteiger partial charge in [-0.05, 0) is 30.5 Å². The monoisotopic (exact) mass is 223 g/mol. The van der Waals surface area contributed by atoms with E-state index in [1.54, 1.807) is 12.1 Å². The predicted octanol–water partition coefficient (Wildman–Crippen LogP) is 1.78. The van der Waals surface area contributed by atoms with E-state index in [0.717, 1.165) is 18.4 Å². The minimum Gasteiger partial charge on any atom is -0.481 e. The molecule has 86 valence electrons. The minimum atomic E-state index is -0.733. The Hall–Kier alpha value is -1.42. The van der Waals surface area contributed by atoms with Crippen molar-refractivity contribution in [3.63, 3.8) is 0 Å². The van der Waals surface area contributed by atoms with Crippen LogP contribution in [-0.2, 0) is 11.3 Å². The van der Waals surface area contributed by atoms with E-state index < -0.39 is 5.97 Å². The van der Waals surface area contributed by atoms with Crippen molar-refractivity contribution in [2.24, 2.45) is 5.92 Å². The third-order valence-electron chi connectivity index (χ3n) is 3.07. The number of carboxylic acid groups (broad SMARTS) is 1. The van der Waals surface area contributed by atoms with Gasteiger partial charge in [0.05, 0.1) is 5.92 Å². The molecular formula is C12H14FNO2. The molecule has 0 aliphatic heterocycles. The Kier molecular flexibility index (Phi) is 3.19. The summed E-state index contributed by atoms with van der Waals surface area (Å²) < 4.78 is 12.6. The fourth-order valence-electron chi connectivity index (χ4n) is 1.89. The third-order valence-corrected chi connectivity index (χ3v) is 3.07. The van der Waals surface area contributed by atoms with Crippen LogP contribution < -0.4 is 5.32 Å². The summed E-state index contributed by atoms with van der Waals surface area (Å²) >= 11 is 0. The summed E-state index contributed by atoms with van der Waals surface area (Å²) in [6.07, 6.45) is 1.65. The van der Waals surface area contributed by atoms with Gasteiger partial charge >= 0.3 is 5.97 Å². The smallest absolute Gasteiger partial charge is 0.308 e. The lowest BCUT2D eigenvalue weighted by Gasteiger charge is -2.34. The Morgan fingerprint density at radius 3 is 2.56 bits per heavy atom. The number of rotatable bonds is 4. The van der Waals surface area contributed by atoms with Crippen molar-refractivity contribution in [1.29, 1.82) is 0 Å². The fourth-order valence-corrected chi connectivity index (χ4v) is 1.89. The number of nitrogens with one attached hydrogen (secondary N) is 1. The maximum absolute atomic E-state index is 12.6. The van der Waals surface area contributed by atoms with Crippen LogP contribution in [0.5, 0.6) is 0 Å². The van der Waals surface area contributed by atoms with Gasteiger partial charge in [-0.15, -0.1) is 0 Å². The van der Waals surface area contributed by atoms with Gasteiger partial charge in [-0.1, -0.05) is 12.1 Å². The lowest BCUT2D eigenvalue weighted by Crippen LogP contribution is -2.47. The zero-order valence-corrected chi connectivity index (χ0v) is 8.82. The molecule has 0 heterocycles. The molecule has 16 heavy (non-hydrogen) atoms. The molecule has 1 aromatic rings. The first kappa shape index (κ1) is 11.1. The molecule has 0 amide bonds. The third kappa shape index (κ3) is 2.39. The van der Waals surface area contributed by atoms with Crippen molar-refractivity contribution < 1.29 is 14.3 Å². The second kappa shape index (κ2) is 4.61. The molecule has 2 rings (SSSR count). The van der Waals surface area contributed by atoms with Crippen LogP contribution in [0.1, 0.15) is 18.4 Å². The van der Waals surface area contributed by atoms with Gasteiger partial charge in [0.25, 0.3) is 0 Å². The Bertz CT molecular complexity index is 377. The van der Waals surface area contributed by atoms with E-state index in [4.69, 9.17) is 5.11 Å². The number of aliphatic carboxylic acids is 1. The largest absolute Gasteiger partial charge is 0.481 e. The maximum atomic E-state index is 12.6. The molecule has 3 nitrogen and oxygen atoms in total. The van der Waals surface area contributed by atoms with Gasteiger partial charge in [-0.2, -0.15) is 0 Å². The average molecular weight is 223 g/mol. The van der Waals surface area contributed by atoms with Gasteiger partial charge in [0.1, 0.15) is 5.82 Å². The summed E-state index contributed by atoms with van der Waals surface area (Å²) in [5.41, 5.74) is 0.970. The molecule has 0 bridgehead atoms. The molecule has 0 radical (unpaired) electrons. The normalized spacial score (nSPS) is 23.8. The van der Waals surface area contributed by atoms with Gasteiger partial charge in [0.15, 0.2) is 0 Å². The van der Waals surface area contributed by atoms with E-state index in [2.05, 4.69) is 5.32 Å². The molecule has 1 saturated carbocycles. The van der Waals surface area contributed by atoms with Gasteiger partial charge in [0, 0.05) is 12.6 Å². The van der Waals surface area contributed by atoms with E-state index in [0.29, 0.717) is 6.54 Å². The van der Waals surface area contributed by atoms with Crippen molar-refractivity contribution in [1.82, 2.24) is 5.32 Å². The molecule has 0 saturated heterocycles. The zero-order valence-electron chi connectivity index (χ0n) is 8.82. The first-order valence-electron chi connectivity index (χ1n) is 5.37. The Morgan fingerprint density at radius 1 is 1.38 bits per heavy atom. The number of hydrogen-bond donors (Lipinski definition) is 2. The average Bonchev–Trinajstić information content (AvgIpc) is 2.18. The summed E-state index contributed by atoms with van der Waals surface area (Å²) in [7, 11) is 0. The number of halogens is 1. The molecule has 2 unspecified atom stereocenters. The van der Waals surface area contributed by atoms with E-state index in [-0.39, 0.29) is 17.8 Å². The van der Waals surface area contributed by atoms with Crippen LogP contribution in [0.3, 0.4) is 0 Å². The number of benzene rings is 1. The topological polar surface area (TPSA) is 49.3 Å². The first-order chi connectivity index (χ1) is 7.66. The summed E-state index contributed by atoms with van der Waals surface area (Å²) in [6, 6.07) is 6.29. The van der Waals surface area contributed by atoms with Crippen LogP contribution in [-0.4, -0.2) is 17.1 Å². The van der Waals surface area contributed by atoms with Gasteiger partial charge in [0.2, 0.25) is 0 Å². The number of hydrogen-bond acceptors (Lipinski definition) is 2. The molecule has 0 aromatic heterocycles. The molecule has 0 spiro atoms. The highest BCUT2D eigenvalue weighted by Crippen LogP contribution is 2.27. The van der Waals surface area contributed by atoms with Crippen LogP contribution in [0.15, 0.2) is 24.3 Å². The molecule has 4 heteroatoms. The van der Waals surface area contributed by atoms with E-state index in [1.165, 1.54) is 12.1 Å². The zero-order chi connectivity index (χ0) is 11.5. The van der Waals surface area contributed by atoms with Crippen LogP contribution in [0, 0.1) is 11.7 Å². The maximum Gasteiger partial charge on any atom is 0.308 e. The quantitative estimate of drug-likeness (QED) is 0.818. The predicted molar refractivity (Wildman–Crippen MR) is 57.4 cm³/mol. The van der Waals surface area contributed by atoms with Crippen LogP contribution in [0.4, 0.5) is 4.39 Å². The molecule has 2 atom stereocenters. The summed E-state index contributed by atoms with van der Waals surface area (Å²) in [5, 5.41) is 12.0. The second-order valence-electron chi connectivity index (χ2n) is 4.14. The summed E-state index contributed by atoms with van der Waals surface area (Å²) in [6.45, 7) is 0.592. The van der Waals surface area contributed by atoms with Crippen molar-refractivity contribution >= 4 is 5.97 Å². The molecule has 1 aliphatic rings. The van der Waals surface area contributed by atoms with Gasteiger partial charge in [-0.25, -0.2) is 4.39 Å². The molecule has 2 N–H and O–H groups in total. The molecule has 1 aliphatic carbocycles. The van der Waals surface area contributed by atoms with Crippen molar-refractivity contribution in [3.8, 4) is 0 Å². The first-order valence-corrected chi connectivity index (χ1v) is 5.37. The lowest BCUT2D eigenvalue weighted by atomic mass is 9.79. The SMILES string of the molecule is O=C(O)C1CCC1NCc1ccc(F)cc1. The van der Waals surface area contributed by atoms with Gasteiger partial charge in [-0.3, -0.25) is 4.79 Å². The van der Waals surface area contributed by atoms with Crippen LogP contribution in [0.25, 0.3) is 0 Å². The van der Waals surface area contributed by atoms with E-state index >= 15 is 0 Å². The van der Waals surface area contributed by atoms with Crippen LogP contribution >= 0.6 is 0 Å². The summed E-state index contributed by atoms with van der Waals surface area (Å²) in [4.78, 5) is 10.8. The van der Waals surface area contributed by atoms with E-state index in [1.807, 2.05) is 0 Å². The fraction of sp³-hybridized carbons (Fsp3) is 0.417. The second-order valence-corrected chi connectivity index (χ2v) is 4.14. The Morgan fingerprint density at radius 2 is 2.06 bits per heavy atom. The minimum absolute atomic E-state index is 0.0579. The summed E-state index contributed by atoms with van der Waals surface area (Å²) in [5.74, 6) is -1.25.